The Kier molecular flexibility index (Phi) is 2.76. The Morgan fingerprint density at radius 1 is 1.50 bits per heavy atom. The van der Waals surface area contributed by atoms with E-state index in [0.717, 1.165) is 12.1 Å². The first kappa shape index (κ1) is 8.67. The number of nitrogens with zero attached hydrogens (tertiary/aromatic N) is 1. The Labute approximate surface area is 71.1 Å². The predicted molar refractivity (Wildman–Crippen MR) is 48.0 cm³/mol. The lowest BCUT2D eigenvalue weighted by Gasteiger charge is -1.99. The fourth-order valence-corrected chi connectivity index (χ4v) is 0.880. The highest BCUT2D eigenvalue weighted by Crippen LogP contribution is 1.99. The minimum Gasteiger partial charge on any atom is -0.384 e. The molecule has 1 heterocycles. The zero-order valence-corrected chi connectivity index (χ0v) is 6.75. The molecule has 1 aromatic rings. The fourth-order valence-electron chi connectivity index (χ4n) is 0.880. The Morgan fingerprint density at radius 3 is 2.67 bits per heavy atom. The van der Waals surface area contributed by atoms with Gasteiger partial charge in [0.15, 0.2) is 0 Å². The number of nitrogen functional groups attached to an aromatic ring is 1. The standard InChI is InChI=1S/C8H12N4/c9-4-3-7-2-1-6(5-12-7)8(10)11/h1-2,5H,3-4,9H2,(H3,10,11). The summed E-state index contributed by atoms with van der Waals surface area (Å²) in [6, 6.07) is 3.62. The molecule has 4 nitrogen and oxygen atoms in total. The summed E-state index contributed by atoms with van der Waals surface area (Å²) < 4.78 is 0. The van der Waals surface area contributed by atoms with Crippen molar-refractivity contribution in [3.63, 3.8) is 0 Å². The lowest BCUT2D eigenvalue weighted by molar-refractivity contribution is 0.922. The van der Waals surface area contributed by atoms with Gasteiger partial charge in [0.1, 0.15) is 5.84 Å². The lowest BCUT2D eigenvalue weighted by atomic mass is 10.2. The van der Waals surface area contributed by atoms with Crippen LogP contribution in [0.2, 0.25) is 0 Å². The van der Waals surface area contributed by atoms with Gasteiger partial charge >= 0.3 is 0 Å². The second-order valence-corrected chi connectivity index (χ2v) is 2.49. The van der Waals surface area contributed by atoms with Crippen LogP contribution in [0.5, 0.6) is 0 Å². The van der Waals surface area contributed by atoms with Crippen molar-refractivity contribution >= 4 is 5.84 Å². The van der Waals surface area contributed by atoms with E-state index in [0.29, 0.717) is 12.1 Å². The summed E-state index contributed by atoms with van der Waals surface area (Å²) in [7, 11) is 0. The molecule has 0 unspecified atom stereocenters. The highest BCUT2D eigenvalue weighted by atomic mass is 14.7. The zero-order chi connectivity index (χ0) is 8.97. The van der Waals surface area contributed by atoms with Crippen LogP contribution in [0, 0.1) is 5.41 Å². The van der Waals surface area contributed by atoms with Gasteiger partial charge in [-0.15, -0.1) is 0 Å². The summed E-state index contributed by atoms with van der Waals surface area (Å²) in [5.41, 5.74) is 12.2. The molecule has 0 aromatic carbocycles. The zero-order valence-electron chi connectivity index (χ0n) is 6.75. The third-order valence-corrected chi connectivity index (χ3v) is 1.54. The average Bonchev–Trinajstić information content (AvgIpc) is 2.06. The first-order valence-electron chi connectivity index (χ1n) is 3.73. The van der Waals surface area contributed by atoms with E-state index in [9.17, 15) is 0 Å². The van der Waals surface area contributed by atoms with E-state index in [4.69, 9.17) is 16.9 Å². The summed E-state index contributed by atoms with van der Waals surface area (Å²) >= 11 is 0. The maximum Gasteiger partial charge on any atom is 0.124 e. The summed E-state index contributed by atoms with van der Waals surface area (Å²) in [5.74, 6) is 0.0433. The molecule has 0 atom stereocenters. The van der Waals surface area contributed by atoms with Gasteiger partial charge in [0, 0.05) is 23.9 Å². The first-order chi connectivity index (χ1) is 5.74. The van der Waals surface area contributed by atoms with Crippen molar-refractivity contribution in [1.82, 2.24) is 4.98 Å². The molecule has 64 valence electrons. The molecule has 0 bridgehead atoms. The number of hydrogen-bond donors (Lipinski definition) is 3. The number of nitrogens with two attached hydrogens (primary N) is 2. The molecule has 4 heteroatoms. The number of nitrogens with one attached hydrogen (secondary N) is 1. The summed E-state index contributed by atoms with van der Waals surface area (Å²) in [6.45, 7) is 0.590. The van der Waals surface area contributed by atoms with Crippen molar-refractivity contribution in [2.45, 2.75) is 6.42 Å². The Bertz CT molecular complexity index is 265. The van der Waals surface area contributed by atoms with E-state index in [-0.39, 0.29) is 5.84 Å². The van der Waals surface area contributed by atoms with Crippen LogP contribution >= 0.6 is 0 Å². The lowest BCUT2D eigenvalue weighted by Crippen LogP contribution is -2.12. The van der Waals surface area contributed by atoms with Crippen molar-refractivity contribution in [3.8, 4) is 0 Å². The van der Waals surface area contributed by atoms with Crippen LogP contribution in [0.1, 0.15) is 11.3 Å². The number of hydrogen-bond acceptors (Lipinski definition) is 3. The van der Waals surface area contributed by atoms with E-state index in [1.54, 1.807) is 12.3 Å². The van der Waals surface area contributed by atoms with Crippen molar-refractivity contribution in [2.75, 3.05) is 6.54 Å². The number of rotatable bonds is 3. The highest BCUT2D eigenvalue weighted by molar-refractivity contribution is 5.94. The minimum absolute atomic E-state index is 0.0433. The van der Waals surface area contributed by atoms with E-state index < -0.39 is 0 Å². The van der Waals surface area contributed by atoms with Gasteiger partial charge in [-0.25, -0.2) is 0 Å². The maximum atomic E-state index is 7.12. The molecular formula is C8H12N4. The smallest absolute Gasteiger partial charge is 0.124 e. The fraction of sp³-hybridized carbons (Fsp3) is 0.250. The van der Waals surface area contributed by atoms with Crippen LogP contribution in [0.15, 0.2) is 18.3 Å². The van der Waals surface area contributed by atoms with Gasteiger partial charge in [0.05, 0.1) is 0 Å². The third kappa shape index (κ3) is 2.03. The molecule has 0 aliphatic heterocycles. The van der Waals surface area contributed by atoms with Gasteiger partial charge in [-0.2, -0.15) is 0 Å². The molecule has 0 aliphatic carbocycles. The van der Waals surface area contributed by atoms with Crippen molar-refractivity contribution in [3.05, 3.63) is 29.6 Å². The van der Waals surface area contributed by atoms with Crippen LogP contribution in [0.4, 0.5) is 0 Å². The molecule has 0 saturated heterocycles. The minimum atomic E-state index is 0.0433. The van der Waals surface area contributed by atoms with Gasteiger partial charge < -0.3 is 11.5 Å². The SMILES string of the molecule is N=C(N)c1ccc(CCN)nc1. The van der Waals surface area contributed by atoms with E-state index in [1.165, 1.54) is 0 Å². The van der Waals surface area contributed by atoms with Crippen LogP contribution < -0.4 is 11.5 Å². The Hall–Kier alpha value is -1.42. The van der Waals surface area contributed by atoms with Gasteiger partial charge in [-0.1, -0.05) is 0 Å². The van der Waals surface area contributed by atoms with Crippen molar-refractivity contribution in [2.24, 2.45) is 11.5 Å². The van der Waals surface area contributed by atoms with E-state index >= 15 is 0 Å². The van der Waals surface area contributed by atoms with Gasteiger partial charge in [-0.3, -0.25) is 10.4 Å². The van der Waals surface area contributed by atoms with Crippen molar-refractivity contribution < 1.29 is 0 Å². The van der Waals surface area contributed by atoms with E-state index in [2.05, 4.69) is 4.98 Å². The molecule has 0 fully saturated rings. The van der Waals surface area contributed by atoms with Crippen LogP contribution in [0.25, 0.3) is 0 Å². The summed E-state index contributed by atoms with van der Waals surface area (Å²) in [6.07, 6.45) is 2.35. The highest BCUT2D eigenvalue weighted by Gasteiger charge is 1.96. The molecule has 0 saturated carbocycles. The second-order valence-electron chi connectivity index (χ2n) is 2.49. The largest absolute Gasteiger partial charge is 0.384 e. The summed E-state index contributed by atoms with van der Waals surface area (Å²) in [5, 5.41) is 7.12. The number of aromatic nitrogens is 1. The third-order valence-electron chi connectivity index (χ3n) is 1.54. The van der Waals surface area contributed by atoms with Crippen molar-refractivity contribution in [1.29, 1.82) is 5.41 Å². The molecule has 5 N–H and O–H groups in total. The normalized spacial score (nSPS) is 9.75. The quantitative estimate of drug-likeness (QED) is 0.429. The van der Waals surface area contributed by atoms with Gasteiger partial charge in [0.2, 0.25) is 0 Å². The van der Waals surface area contributed by atoms with Gasteiger partial charge in [0.25, 0.3) is 0 Å². The average molecular weight is 164 g/mol. The van der Waals surface area contributed by atoms with Crippen LogP contribution in [-0.4, -0.2) is 17.4 Å². The molecular weight excluding hydrogens is 152 g/mol. The molecule has 0 spiro atoms. The van der Waals surface area contributed by atoms with Crippen LogP contribution in [-0.2, 0) is 6.42 Å². The molecule has 0 aliphatic rings. The number of amidine groups is 1. The first-order valence-corrected chi connectivity index (χ1v) is 3.73. The maximum absolute atomic E-state index is 7.12. The molecule has 1 aromatic heterocycles. The Balaban J connectivity index is 2.78. The summed E-state index contributed by atoms with van der Waals surface area (Å²) in [4.78, 5) is 4.09. The molecule has 0 radical (unpaired) electrons. The predicted octanol–water partition coefficient (Wildman–Crippen LogP) is -0.133. The number of pyridine rings is 1. The molecule has 1 rings (SSSR count). The van der Waals surface area contributed by atoms with Crippen LogP contribution in [0.3, 0.4) is 0 Å². The van der Waals surface area contributed by atoms with Gasteiger partial charge in [-0.05, 0) is 18.7 Å². The Morgan fingerprint density at radius 2 is 2.25 bits per heavy atom. The molecule has 0 amide bonds. The topological polar surface area (TPSA) is 88.8 Å². The monoisotopic (exact) mass is 164 g/mol. The second kappa shape index (κ2) is 3.82. The van der Waals surface area contributed by atoms with E-state index in [1.807, 2.05) is 6.07 Å². The molecule has 12 heavy (non-hydrogen) atoms.